The third-order valence-corrected chi connectivity index (χ3v) is 3.87. The predicted molar refractivity (Wildman–Crippen MR) is 94.3 cm³/mol. The molecule has 0 atom stereocenters. The average molecular weight is 385 g/mol. The maximum atomic E-state index is 12.2. The molecule has 0 radical (unpaired) electrons. The van der Waals surface area contributed by atoms with Crippen molar-refractivity contribution in [1.82, 2.24) is 9.78 Å². The summed E-state index contributed by atoms with van der Waals surface area (Å²) in [5.41, 5.74) is 2.01. The second kappa shape index (κ2) is 6.80. The second-order valence-electron chi connectivity index (χ2n) is 5.09. The quantitative estimate of drug-likeness (QED) is 0.506. The van der Waals surface area contributed by atoms with E-state index in [0.29, 0.717) is 11.3 Å². The highest BCUT2D eigenvalue weighted by Gasteiger charge is 2.08. The molecule has 0 bridgehead atoms. The largest absolute Gasteiger partial charge is 0.441 e. The Hall–Kier alpha value is -2.73. The molecule has 1 aromatic heterocycles. The first-order valence-corrected chi connectivity index (χ1v) is 7.97. The highest BCUT2D eigenvalue weighted by atomic mass is 79.9. The van der Waals surface area contributed by atoms with Gasteiger partial charge in [0.1, 0.15) is 0 Å². The molecular weight excluding hydrogens is 372 g/mol. The minimum absolute atomic E-state index is 0.117. The van der Waals surface area contributed by atoms with Gasteiger partial charge >= 0.3 is 5.76 Å². The molecule has 0 fully saturated rings. The fourth-order valence-corrected chi connectivity index (χ4v) is 2.41. The van der Waals surface area contributed by atoms with Crippen LogP contribution in [0.15, 0.2) is 68.3 Å². The minimum atomic E-state index is -0.554. The number of aromatic nitrogens is 2. The van der Waals surface area contributed by atoms with Crippen molar-refractivity contribution in [2.75, 3.05) is 0 Å². The highest BCUT2D eigenvalue weighted by Crippen LogP contribution is 2.13. The van der Waals surface area contributed by atoms with Crippen LogP contribution in [0.3, 0.4) is 0 Å². The molecule has 0 aliphatic carbocycles. The van der Waals surface area contributed by atoms with Crippen LogP contribution in [0.5, 0.6) is 0 Å². The molecule has 3 aromatic rings. The summed E-state index contributed by atoms with van der Waals surface area (Å²) >= 11 is 3.37. The van der Waals surface area contributed by atoms with E-state index in [-0.39, 0.29) is 11.7 Å². The normalized spacial score (nSPS) is 11.1. The molecule has 0 N–H and O–H groups in total. The Balaban J connectivity index is 1.77. The second-order valence-corrected chi connectivity index (χ2v) is 6.01. The number of rotatable bonds is 4. The summed E-state index contributed by atoms with van der Waals surface area (Å²) < 4.78 is 7.00. The zero-order valence-corrected chi connectivity index (χ0v) is 14.4. The fourth-order valence-electron chi connectivity index (χ4n) is 2.14. The summed E-state index contributed by atoms with van der Waals surface area (Å²) in [6.07, 6.45) is 3.28. The van der Waals surface area contributed by atoms with Crippen LogP contribution < -0.4 is 5.76 Å². The first kappa shape index (κ1) is 16.1. The van der Waals surface area contributed by atoms with Gasteiger partial charge in [-0.1, -0.05) is 34.1 Å². The Kier molecular flexibility index (Phi) is 4.57. The number of ketones is 1. The van der Waals surface area contributed by atoms with E-state index in [2.05, 4.69) is 21.0 Å². The molecule has 2 aromatic carbocycles. The molecule has 0 amide bonds. The topological polar surface area (TPSA) is 65.1 Å². The lowest BCUT2D eigenvalue weighted by Crippen LogP contribution is -2.13. The van der Waals surface area contributed by atoms with Gasteiger partial charge in [0.2, 0.25) is 5.89 Å². The van der Waals surface area contributed by atoms with Crippen LogP contribution in [0, 0.1) is 6.92 Å². The van der Waals surface area contributed by atoms with Crippen molar-refractivity contribution in [3.63, 3.8) is 0 Å². The molecule has 6 heteroatoms. The van der Waals surface area contributed by atoms with Crippen molar-refractivity contribution in [3.8, 4) is 5.69 Å². The van der Waals surface area contributed by atoms with E-state index in [1.54, 1.807) is 37.3 Å². The van der Waals surface area contributed by atoms with E-state index in [0.717, 1.165) is 14.7 Å². The van der Waals surface area contributed by atoms with Crippen LogP contribution >= 0.6 is 15.9 Å². The molecule has 1 heterocycles. The number of hydrogen-bond acceptors (Lipinski definition) is 4. The van der Waals surface area contributed by atoms with E-state index in [1.807, 2.05) is 24.3 Å². The number of hydrogen-bond donors (Lipinski definition) is 0. The molecule has 24 heavy (non-hydrogen) atoms. The Bertz CT molecular complexity index is 951. The van der Waals surface area contributed by atoms with Crippen LogP contribution in [0.25, 0.3) is 11.8 Å². The van der Waals surface area contributed by atoms with Crippen molar-refractivity contribution in [2.24, 2.45) is 0 Å². The number of carbonyl (C=O) groups excluding carboxylic acids is 1. The first-order valence-electron chi connectivity index (χ1n) is 7.18. The average Bonchev–Trinajstić information content (AvgIpc) is 2.92. The lowest BCUT2D eigenvalue weighted by molar-refractivity contribution is 0.104. The van der Waals surface area contributed by atoms with Crippen molar-refractivity contribution in [1.29, 1.82) is 0 Å². The van der Waals surface area contributed by atoms with Crippen molar-refractivity contribution in [3.05, 3.63) is 86.6 Å². The highest BCUT2D eigenvalue weighted by molar-refractivity contribution is 9.10. The van der Waals surface area contributed by atoms with E-state index in [4.69, 9.17) is 4.42 Å². The maximum Gasteiger partial charge on any atom is 0.441 e. The van der Waals surface area contributed by atoms with Gasteiger partial charge < -0.3 is 4.42 Å². The first-order chi connectivity index (χ1) is 11.5. The number of halogens is 1. The molecule has 3 rings (SSSR count). The van der Waals surface area contributed by atoms with Gasteiger partial charge in [-0.25, -0.2) is 4.79 Å². The van der Waals surface area contributed by atoms with Crippen LogP contribution in [-0.2, 0) is 0 Å². The molecule has 5 nitrogen and oxygen atoms in total. The Morgan fingerprint density at radius 1 is 1.12 bits per heavy atom. The lowest BCUT2D eigenvalue weighted by atomic mass is 10.1. The molecule has 0 spiro atoms. The van der Waals surface area contributed by atoms with E-state index < -0.39 is 5.76 Å². The number of aryl methyl sites for hydroxylation is 1. The summed E-state index contributed by atoms with van der Waals surface area (Å²) in [6, 6.07) is 14.3. The summed E-state index contributed by atoms with van der Waals surface area (Å²) in [5.74, 6) is -0.382. The Morgan fingerprint density at radius 3 is 2.38 bits per heavy atom. The van der Waals surface area contributed by atoms with Crippen molar-refractivity contribution < 1.29 is 9.21 Å². The third-order valence-electron chi connectivity index (χ3n) is 3.34. The molecule has 0 unspecified atom stereocenters. The number of nitrogens with zero attached hydrogens (tertiary/aromatic N) is 2. The minimum Gasteiger partial charge on any atom is -0.392 e. The summed E-state index contributed by atoms with van der Waals surface area (Å²) in [6.45, 7) is 1.60. The third kappa shape index (κ3) is 3.60. The van der Waals surface area contributed by atoms with Crippen LogP contribution in [0.1, 0.15) is 21.8 Å². The molecule has 120 valence electrons. The maximum absolute atomic E-state index is 12.2. The van der Waals surface area contributed by atoms with Gasteiger partial charge in [-0.05, 0) is 48.0 Å². The Morgan fingerprint density at radius 2 is 1.79 bits per heavy atom. The van der Waals surface area contributed by atoms with Crippen LogP contribution in [0.2, 0.25) is 0 Å². The van der Waals surface area contributed by atoms with Gasteiger partial charge in [0, 0.05) is 17.0 Å². The zero-order chi connectivity index (χ0) is 17.1. The SMILES string of the molecule is Cc1nn(-c2ccc(C(=O)/C=C/c3ccc(Br)cc3)cc2)c(=O)o1. The number of benzene rings is 2. The molecule has 0 aliphatic heterocycles. The summed E-state index contributed by atoms with van der Waals surface area (Å²) in [5, 5.41) is 3.97. The van der Waals surface area contributed by atoms with Crippen molar-refractivity contribution in [2.45, 2.75) is 6.92 Å². The lowest BCUT2D eigenvalue weighted by Gasteiger charge is -2.00. The standard InChI is InChI=1S/C18H13BrN2O3/c1-12-20-21(18(23)24-12)16-9-5-14(6-10-16)17(22)11-4-13-2-7-15(19)8-3-13/h2-11H,1H3/b11-4+. The summed E-state index contributed by atoms with van der Waals surface area (Å²) in [7, 11) is 0. The van der Waals surface area contributed by atoms with Gasteiger partial charge in [0.05, 0.1) is 5.69 Å². The van der Waals surface area contributed by atoms with Gasteiger partial charge in [-0.15, -0.1) is 5.10 Å². The zero-order valence-electron chi connectivity index (χ0n) is 12.8. The predicted octanol–water partition coefficient (Wildman–Crippen LogP) is 3.79. The summed E-state index contributed by atoms with van der Waals surface area (Å²) in [4.78, 5) is 23.8. The van der Waals surface area contributed by atoms with Gasteiger partial charge in [0.15, 0.2) is 5.78 Å². The van der Waals surface area contributed by atoms with E-state index >= 15 is 0 Å². The Labute approximate surface area is 146 Å². The van der Waals surface area contributed by atoms with Gasteiger partial charge in [-0.3, -0.25) is 4.79 Å². The molecule has 0 saturated carbocycles. The monoisotopic (exact) mass is 384 g/mol. The van der Waals surface area contributed by atoms with E-state index in [1.165, 1.54) is 6.08 Å². The van der Waals surface area contributed by atoms with Crippen molar-refractivity contribution >= 4 is 27.8 Å². The smallest absolute Gasteiger partial charge is 0.392 e. The van der Waals surface area contributed by atoms with Gasteiger partial charge in [0.25, 0.3) is 0 Å². The number of carbonyl (C=O) groups is 1. The molecular formula is C18H13BrN2O3. The van der Waals surface area contributed by atoms with E-state index in [9.17, 15) is 9.59 Å². The fraction of sp³-hybridized carbons (Fsp3) is 0.0556. The van der Waals surface area contributed by atoms with Crippen LogP contribution in [-0.4, -0.2) is 15.6 Å². The van der Waals surface area contributed by atoms with Gasteiger partial charge in [-0.2, -0.15) is 4.68 Å². The molecule has 0 aliphatic rings. The number of allylic oxidation sites excluding steroid dienone is 1. The molecule has 0 saturated heterocycles. The van der Waals surface area contributed by atoms with Crippen LogP contribution in [0.4, 0.5) is 0 Å².